The van der Waals surface area contributed by atoms with E-state index < -0.39 is 195 Å². The molecule has 0 radical (unpaired) electrons. The highest BCUT2D eigenvalue weighted by Crippen LogP contribution is 2.60. The Morgan fingerprint density at radius 1 is 0.593 bits per heavy atom. The van der Waals surface area contributed by atoms with Gasteiger partial charge in [-0.25, -0.2) is 4.74 Å². The predicted molar refractivity (Wildman–Crippen MR) is 254 cm³/mol. The van der Waals surface area contributed by atoms with Crippen LogP contribution in [0.1, 0.15) is 93.2 Å². The number of carbonyl (C=O) groups excluding carboxylic acids is 10. The first kappa shape index (κ1) is 74.5. The Morgan fingerprint density at radius 3 is 1.56 bits per heavy atom. The predicted octanol–water partition coefficient (Wildman–Crippen LogP) is 4.47. The van der Waals surface area contributed by atoms with E-state index in [2.05, 4.69) is 5.32 Å². The molecule has 1 fully saturated rings. The first-order valence-corrected chi connectivity index (χ1v) is 24.6. The van der Waals surface area contributed by atoms with E-state index in [1.807, 2.05) is 5.32 Å². The van der Waals surface area contributed by atoms with Crippen molar-refractivity contribution < 1.29 is 157 Å². The smallest absolute Gasteiger partial charge is 0.460 e. The third-order valence-electron chi connectivity index (χ3n) is 11.5. The summed E-state index contributed by atoms with van der Waals surface area (Å²) in [6.07, 6.45) is -30.4. The highest BCUT2D eigenvalue weighted by molar-refractivity contribution is 5.85. The number of hydroxylamine groups is 1. The fraction of sp³-hybridized carbons (Fsp3) is 0.653. The van der Waals surface area contributed by atoms with Crippen molar-refractivity contribution in [3.05, 3.63) is 40.6 Å². The number of hydrogen-bond acceptors (Lipinski definition) is 21. The summed E-state index contributed by atoms with van der Waals surface area (Å²) in [5, 5.41) is 17.8. The van der Waals surface area contributed by atoms with Gasteiger partial charge in [0, 0.05) is 94.2 Å². The molecule has 486 valence electrons. The van der Waals surface area contributed by atoms with E-state index in [1.165, 1.54) is 13.8 Å². The second-order valence-corrected chi connectivity index (χ2v) is 19.2. The molecule has 2 rings (SSSR count). The molecule has 1 aromatic carbocycles. The molecule has 1 saturated heterocycles. The van der Waals surface area contributed by atoms with Crippen molar-refractivity contribution in [2.45, 2.75) is 185 Å². The largest absolute Gasteiger partial charge is 0.623 e. The van der Waals surface area contributed by atoms with E-state index in [-0.39, 0.29) is 15.9 Å². The second-order valence-electron chi connectivity index (χ2n) is 19.2. The van der Waals surface area contributed by atoms with Gasteiger partial charge < -0.3 is 63.2 Å². The highest BCUT2D eigenvalue weighted by atomic mass is 19.4. The monoisotopic (exact) mass is 1270 g/mol. The zero-order valence-electron chi connectivity index (χ0n) is 46.8. The average Bonchev–Trinajstić information content (AvgIpc) is 0.850. The van der Waals surface area contributed by atoms with Crippen LogP contribution in [0.2, 0.25) is 0 Å². The maximum Gasteiger partial charge on any atom is 0.460 e. The van der Waals surface area contributed by atoms with Crippen LogP contribution in [-0.4, -0.2) is 187 Å². The summed E-state index contributed by atoms with van der Waals surface area (Å²) in [5.41, 5.74) is -1.72. The quantitative estimate of drug-likeness (QED) is 0.0212. The van der Waals surface area contributed by atoms with Crippen molar-refractivity contribution in [1.29, 1.82) is 0 Å². The molecule has 0 spiro atoms. The minimum Gasteiger partial charge on any atom is -0.623 e. The Kier molecular flexibility index (Phi) is 25.7. The standard InChI is InChI=1S/C49H58F13N3O21/c1-22(66)77-19-32(79-24(3)68)36(86-42-40(84-29(8)73)38(82-27(6)71)35(80-25(4)69)33(85-42)20-78-23(2)67)37(81-26(5)70)39(83-28(7)72)41(75)64-21-43(9,10)65(76)18-31-13-11-30(12-14-31)17-63-34(74)15-16-44(50,51)45(52,53)46(54,55)47(56,57)48(58,59)49(60,61)62/h11-14,18,32-33,35-40,42H,15-17,19-21H2,1-10H3,(H,63,74)(H,64,75)/b65-18-/t32-,33-,35+,36-,37+,38+,39-,40-,42+/m1/s1. The van der Waals surface area contributed by atoms with Crippen molar-refractivity contribution in [2.75, 3.05) is 19.8 Å². The van der Waals surface area contributed by atoms with Crippen LogP contribution in [0.3, 0.4) is 0 Å². The lowest BCUT2D eigenvalue weighted by Crippen LogP contribution is -2.70. The molecule has 37 heteroatoms. The van der Waals surface area contributed by atoms with E-state index in [9.17, 15) is 110 Å². The summed E-state index contributed by atoms with van der Waals surface area (Å²) in [6.45, 7) is 5.98. The topological polar surface area (TPSA) is 313 Å². The number of alkyl halides is 13. The lowest BCUT2D eigenvalue weighted by atomic mass is 9.92. The number of halogens is 13. The number of nitrogens with one attached hydrogen (secondary N) is 2. The van der Waals surface area contributed by atoms with Gasteiger partial charge in [-0.15, -0.1) is 0 Å². The minimum absolute atomic E-state index is 0.0179. The fourth-order valence-electron chi connectivity index (χ4n) is 7.41. The molecule has 1 heterocycles. The number of benzene rings is 1. The van der Waals surface area contributed by atoms with Crippen LogP contribution in [-0.2, 0) is 102 Å². The summed E-state index contributed by atoms with van der Waals surface area (Å²) >= 11 is 0. The van der Waals surface area contributed by atoms with Gasteiger partial charge in [-0.3, -0.25) is 47.9 Å². The van der Waals surface area contributed by atoms with E-state index in [1.54, 1.807) is 0 Å². The van der Waals surface area contributed by atoms with Gasteiger partial charge in [0.25, 0.3) is 5.91 Å². The zero-order valence-corrected chi connectivity index (χ0v) is 46.8. The number of esters is 8. The number of hydrogen-bond donors (Lipinski definition) is 2. The fourth-order valence-corrected chi connectivity index (χ4v) is 7.41. The van der Waals surface area contributed by atoms with Crippen LogP contribution < -0.4 is 10.6 Å². The van der Waals surface area contributed by atoms with Gasteiger partial charge in [-0.05, 0) is 17.7 Å². The Balaban J connectivity index is 2.56. The molecule has 86 heavy (non-hydrogen) atoms. The van der Waals surface area contributed by atoms with E-state index in [0.717, 1.165) is 85.9 Å². The molecule has 1 aliphatic heterocycles. The Hall–Kier alpha value is -7.60. The van der Waals surface area contributed by atoms with Gasteiger partial charge in [0.2, 0.25) is 12.0 Å². The lowest BCUT2D eigenvalue weighted by molar-refractivity contribution is -0.533. The first-order chi connectivity index (χ1) is 39.1. The number of rotatable bonds is 29. The number of ether oxygens (including phenoxy) is 10. The molecule has 1 aliphatic rings. The second kappa shape index (κ2) is 29.7. The number of carbonyl (C=O) groups is 10. The van der Waals surface area contributed by atoms with Gasteiger partial charge >= 0.3 is 83.5 Å². The van der Waals surface area contributed by atoms with E-state index in [0.29, 0.717) is 0 Å². The van der Waals surface area contributed by atoms with Crippen LogP contribution in [0.25, 0.3) is 0 Å². The van der Waals surface area contributed by atoms with Gasteiger partial charge in [-0.1, -0.05) is 12.1 Å². The van der Waals surface area contributed by atoms with E-state index in [4.69, 9.17) is 47.4 Å². The van der Waals surface area contributed by atoms with Gasteiger partial charge in [0.15, 0.2) is 48.6 Å². The third-order valence-corrected chi connectivity index (χ3v) is 11.5. The Labute approximate surface area is 478 Å². The van der Waals surface area contributed by atoms with Crippen molar-refractivity contribution in [3.8, 4) is 0 Å². The van der Waals surface area contributed by atoms with Crippen LogP contribution >= 0.6 is 0 Å². The molecule has 0 bridgehead atoms. The van der Waals surface area contributed by atoms with E-state index >= 15 is 0 Å². The van der Waals surface area contributed by atoms with Crippen molar-refractivity contribution in [1.82, 2.24) is 10.6 Å². The molecule has 0 aliphatic carbocycles. The summed E-state index contributed by atoms with van der Waals surface area (Å²) in [5.74, 6) is -50.3. The molecule has 2 N–H and O–H groups in total. The highest BCUT2D eigenvalue weighted by Gasteiger charge is 2.90. The molecule has 0 saturated carbocycles. The number of amides is 2. The van der Waals surface area contributed by atoms with Gasteiger partial charge in [0.05, 0.1) is 6.54 Å². The minimum atomic E-state index is -8.11. The van der Waals surface area contributed by atoms with Crippen LogP contribution in [0, 0.1) is 5.21 Å². The first-order valence-electron chi connectivity index (χ1n) is 24.6. The van der Waals surface area contributed by atoms with Crippen molar-refractivity contribution in [2.24, 2.45) is 0 Å². The Bertz CT molecular complexity index is 2660. The molecule has 1 aromatic rings. The molecule has 0 unspecified atom stereocenters. The summed E-state index contributed by atoms with van der Waals surface area (Å²) in [7, 11) is 0. The van der Waals surface area contributed by atoms with Gasteiger partial charge in [0.1, 0.15) is 25.4 Å². The van der Waals surface area contributed by atoms with Crippen LogP contribution in [0.15, 0.2) is 24.3 Å². The molecule has 9 atom stereocenters. The maximum atomic E-state index is 14.4. The SMILES string of the molecule is CC(=O)OC[C@H]1O[C@@H](O[C@@H]([C@H](OC(C)=O)[C@@H](OC(C)=O)C(=O)NCC(C)(C)/[N+]([O-])=C/c2ccc(CNC(=O)CCC(F)(F)C(F)(F)C(F)(F)C(F)(F)C(F)(F)C(F)(F)F)cc2)[C@@H](COC(C)=O)OC(C)=O)[C@H](OC(C)=O)[C@@H](OC(C)=O)[C@H]1OC(C)=O. The molecule has 0 aromatic heterocycles. The molecular formula is C49H58F13N3O21. The lowest BCUT2D eigenvalue weighted by Gasteiger charge is -2.46. The van der Waals surface area contributed by atoms with Crippen molar-refractivity contribution in [3.63, 3.8) is 0 Å². The Morgan fingerprint density at radius 2 is 1.08 bits per heavy atom. The van der Waals surface area contributed by atoms with Crippen LogP contribution in [0.4, 0.5) is 57.1 Å². The third kappa shape index (κ3) is 19.7. The maximum absolute atomic E-state index is 14.4. The molecule has 24 nitrogen and oxygen atoms in total. The van der Waals surface area contributed by atoms with Crippen molar-refractivity contribution >= 4 is 65.8 Å². The van der Waals surface area contributed by atoms with Crippen LogP contribution in [0.5, 0.6) is 0 Å². The normalized spacial score (nSPS) is 19.4. The summed E-state index contributed by atoms with van der Waals surface area (Å²) in [4.78, 5) is 127. The van der Waals surface area contributed by atoms with Gasteiger partial charge in [-0.2, -0.15) is 57.1 Å². The number of nitrogens with zero attached hydrogens (tertiary/aromatic N) is 1. The summed E-state index contributed by atoms with van der Waals surface area (Å²) in [6, 6.07) is 4.61. The molecule has 2 amide bonds. The summed E-state index contributed by atoms with van der Waals surface area (Å²) < 4.78 is 230. The molecular weight excluding hydrogens is 1210 g/mol. The average molecular weight is 1270 g/mol. The zero-order chi connectivity index (χ0) is 66.5.